The number of carbonyl (C=O) groups excluding carboxylic acids is 2. The van der Waals surface area contributed by atoms with E-state index in [-0.39, 0.29) is 17.0 Å². The molecule has 0 aromatic heterocycles. The van der Waals surface area contributed by atoms with Gasteiger partial charge in [-0.1, -0.05) is 6.07 Å². The molecule has 96 valence electrons. The van der Waals surface area contributed by atoms with Gasteiger partial charge in [0, 0.05) is 6.54 Å². The van der Waals surface area contributed by atoms with Crippen LogP contribution in [0.3, 0.4) is 0 Å². The number of para-hydroxylation sites is 1. The molecule has 1 aromatic carbocycles. The molecule has 6 nitrogen and oxygen atoms in total. The molecule has 2 amide bonds. The van der Waals surface area contributed by atoms with Crippen LogP contribution in [-0.4, -0.2) is 34.4 Å². The predicted molar refractivity (Wildman–Crippen MR) is 65.8 cm³/mol. The van der Waals surface area contributed by atoms with Crippen molar-refractivity contribution in [2.75, 3.05) is 12.3 Å². The van der Waals surface area contributed by atoms with Crippen molar-refractivity contribution < 1.29 is 14.7 Å². The Hall–Kier alpha value is -2.24. The lowest BCUT2D eigenvalue weighted by atomic mass is 10.1. The summed E-state index contributed by atoms with van der Waals surface area (Å²) in [5, 5.41) is 9.76. The van der Waals surface area contributed by atoms with Gasteiger partial charge in [-0.05, 0) is 25.0 Å². The molecule has 0 spiro atoms. The predicted octanol–water partition coefficient (Wildman–Crippen LogP) is 0.0643. The standard InChI is InChI=1S/C12H15N3O3/c13-8-4-1-3-7(10(8)16)12(18)15-6-2-5-9(15)11(14)17/h1,3-4,9,16H,2,5-6,13H2,(H2,14,17). The van der Waals surface area contributed by atoms with Crippen LogP contribution in [0, 0.1) is 0 Å². The van der Waals surface area contributed by atoms with E-state index in [2.05, 4.69) is 0 Å². The van der Waals surface area contributed by atoms with Crippen molar-refractivity contribution >= 4 is 17.5 Å². The molecule has 0 radical (unpaired) electrons. The molecule has 1 atom stereocenters. The fraction of sp³-hybridized carbons (Fsp3) is 0.333. The van der Waals surface area contributed by atoms with Crippen LogP contribution in [-0.2, 0) is 4.79 Å². The summed E-state index contributed by atoms with van der Waals surface area (Å²) in [6.45, 7) is 0.459. The molecule has 5 N–H and O–H groups in total. The number of likely N-dealkylation sites (tertiary alicyclic amines) is 1. The van der Waals surface area contributed by atoms with Gasteiger partial charge >= 0.3 is 0 Å². The maximum Gasteiger partial charge on any atom is 0.258 e. The topological polar surface area (TPSA) is 110 Å². The van der Waals surface area contributed by atoms with Gasteiger partial charge in [0.2, 0.25) is 5.91 Å². The summed E-state index contributed by atoms with van der Waals surface area (Å²) in [6, 6.07) is 3.96. The highest BCUT2D eigenvalue weighted by Gasteiger charge is 2.34. The number of nitrogen functional groups attached to an aromatic ring is 1. The van der Waals surface area contributed by atoms with Crippen LogP contribution < -0.4 is 11.5 Å². The number of primary amides is 1. The number of phenolic OH excluding ortho intramolecular Hbond substituents is 1. The van der Waals surface area contributed by atoms with E-state index in [1.807, 2.05) is 0 Å². The van der Waals surface area contributed by atoms with Gasteiger partial charge in [0.05, 0.1) is 11.3 Å². The number of hydrogen-bond acceptors (Lipinski definition) is 4. The minimum Gasteiger partial charge on any atom is -0.505 e. The van der Waals surface area contributed by atoms with Gasteiger partial charge in [-0.3, -0.25) is 9.59 Å². The zero-order valence-electron chi connectivity index (χ0n) is 9.80. The molecular formula is C12H15N3O3. The lowest BCUT2D eigenvalue weighted by Crippen LogP contribution is -2.43. The number of amides is 2. The molecular weight excluding hydrogens is 234 g/mol. The van der Waals surface area contributed by atoms with Crippen molar-refractivity contribution in [1.29, 1.82) is 0 Å². The van der Waals surface area contributed by atoms with Crippen molar-refractivity contribution in [3.63, 3.8) is 0 Å². The number of benzene rings is 1. The number of rotatable bonds is 2. The molecule has 1 fully saturated rings. The lowest BCUT2D eigenvalue weighted by molar-refractivity contribution is -0.121. The summed E-state index contributed by atoms with van der Waals surface area (Å²) < 4.78 is 0. The first-order chi connectivity index (χ1) is 8.52. The molecule has 0 saturated carbocycles. The van der Waals surface area contributed by atoms with E-state index < -0.39 is 17.9 Å². The van der Waals surface area contributed by atoms with E-state index >= 15 is 0 Å². The molecule has 1 aromatic rings. The maximum atomic E-state index is 12.2. The molecule has 6 heteroatoms. The highest BCUT2D eigenvalue weighted by Crippen LogP contribution is 2.28. The number of hydrogen-bond donors (Lipinski definition) is 3. The van der Waals surface area contributed by atoms with E-state index in [9.17, 15) is 14.7 Å². The van der Waals surface area contributed by atoms with Crippen molar-refractivity contribution in [2.24, 2.45) is 5.73 Å². The highest BCUT2D eigenvalue weighted by molar-refractivity contribution is 6.01. The zero-order chi connectivity index (χ0) is 13.3. The zero-order valence-corrected chi connectivity index (χ0v) is 9.80. The van der Waals surface area contributed by atoms with Gasteiger partial charge in [0.15, 0.2) is 5.75 Å². The van der Waals surface area contributed by atoms with E-state index in [1.54, 1.807) is 6.07 Å². The first-order valence-corrected chi connectivity index (χ1v) is 5.70. The molecule has 1 saturated heterocycles. The van der Waals surface area contributed by atoms with E-state index in [0.717, 1.165) is 6.42 Å². The quantitative estimate of drug-likeness (QED) is 0.508. The van der Waals surface area contributed by atoms with Gasteiger partial charge in [-0.15, -0.1) is 0 Å². The average molecular weight is 249 g/mol. The number of anilines is 1. The fourth-order valence-corrected chi connectivity index (χ4v) is 2.19. The van der Waals surface area contributed by atoms with Crippen LogP contribution >= 0.6 is 0 Å². The maximum absolute atomic E-state index is 12.2. The van der Waals surface area contributed by atoms with E-state index in [4.69, 9.17) is 11.5 Å². The van der Waals surface area contributed by atoms with Crippen molar-refractivity contribution in [2.45, 2.75) is 18.9 Å². The molecule has 1 aliphatic rings. The van der Waals surface area contributed by atoms with E-state index in [1.165, 1.54) is 17.0 Å². The van der Waals surface area contributed by atoms with Crippen molar-refractivity contribution in [3.8, 4) is 5.75 Å². The molecule has 1 heterocycles. The molecule has 0 aliphatic carbocycles. The SMILES string of the molecule is NC(=O)C1CCCN1C(=O)c1cccc(N)c1O. The summed E-state index contributed by atoms with van der Waals surface area (Å²) >= 11 is 0. The van der Waals surface area contributed by atoms with Gasteiger partial charge < -0.3 is 21.5 Å². The highest BCUT2D eigenvalue weighted by atomic mass is 16.3. The Morgan fingerprint density at radius 2 is 2.11 bits per heavy atom. The minimum atomic E-state index is -0.599. The average Bonchev–Trinajstić information content (AvgIpc) is 2.81. The molecule has 18 heavy (non-hydrogen) atoms. The monoisotopic (exact) mass is 249 g/mol. The lowest BCUT2D eigenvalue weighted by Gasteiger charge is -2.22. The Bertz CT molecular complexity index is 501. The third-order valence-corrected chi connectivity index (χ3v) is 3.14. The van der Waals surface area contributed by atoms with Crippen LogP contribution in [0.25, 0.3) is 0 Å². The normalized spacial score (nSPS) is 18.9. The summed E-state index contributed by atoms with van der Waals surface area (Å²) in [5.41, 5.74) is 11.0. The Morgan fingerprint density at radius 1 is 1.39 bits per heavy atom. The second kappa shape index (κ2) is 4.56. The van der Waals surface area contributed by atoms with Gasteiger partial charge in [0.1, 0.15) is 6.04 Å². The minimum absolute atomic E-state index is 0.100. The van der Waals surface area contributed by atoms with Gasteiger partial charge in [-0.2, -0.15) is 0 Å². The number of phenols is 1. The molecule has 1 aliphatic heterocycles. The van der Waals surface area contributed by atoms with Crippen LogP contribution in [0.5, 0.6) is 5.75 Å². The number of carbonyl (C=O) groups is 2. The second-order valence-corrected chi connectivity index (χ2v) is 4.30. The Kier molecular flexibility index (Phi) is 3.10. The summed E-state index contributed by atoms with van der Waals surface area (Å²) in [7, 11) is 0. The summed E-state index contributed by atoms with van der Waals surface area (Å²) in [6.07, 6.45) is 1.28. The molecule has 2 rings (SSSR count). The van der Waals surface area contributed by atoms with Crippen LogP contribution in [0.2, 0.25) is 0 Å². The van der Waals surface area contributed by atoms with Crippen molar-refractivity contribution in [1.82, 2.24) is 4.90 Å². The largest absolute Gasteiger partial charge is 0.505 e. The second-order valence-electron chi connectivity index (χ2n) is 4.30. The fourth-order valence-electron chi connectivity index (χ4n) is 2.19. The molecule has 0 bridgehead atoms. The third-order valence-electron chi connectivity index (χ3n) is 3.14. The number of nitrogens with two attached hydrogens (primary N) is 2. The van der Waals surface area contributed by atoms with Crippen LogP contribution in [0.4, 0.5) is 5.69 Å². The number of aromatic hydroxyl groups is 1. The van der Waals surface area contributed by atoms with Gasteiger partial charge in [-0.25, -0.2) is 0 Å². The smallest absolute Gasteiger partial charge is 0.258 e. The Balaban J connectivity index is 2.31. The van der Waals surface area contributed by atoms with Crippen molar-refractivity contribution in [3.05, 3.63) is 23.8 Å². The first kappa shape index (κ1) is 12.2. The summed E-state index contributed by atoms with van der Waals surface area (Å²) in [5.74, 6) is -1.19. The Labute approximate surface area is 104 Å². The summed E-state index contributed by atoms with van der Waals surface area (Å²) in [4.78, 5) is 24.9. The number of nitrogens with zero attached hydrogens (tertiary/aromatic N) is 1. The third kappa shape index (κ3) is 1.97. The molecule has 1 unspecified atom stereocenters. The van der Waals surface area contributed by atoms with E-state index in [0.29, 0.717) is 13.0 Å². The van der Waals surface area contributed by atoms with Crippen LogP contribution in [0.1, 0.15) is 23.2 Å². The van der Waals surface area contributed by atoms with Crippen LogP contribution in [0.15, 0.2) is 18.2 Å². The Morgan fingerprint density at radius 3 is 2.78 bits per heavy atom. The first-order valence-electron chi connectivity index (χ1n) is 5.70. The van der Waals surface area contributed by atoms with Gasteiger partial charge in [0.25, 0.3) is 5.91 Å².